The number of rotatable bonds is 12. The average Bonchev–Trinajstić information content (AvgIpc) is 2.61. The Bertz CT molecular complexity index is 323. The first-order valence-electron chi connectivity index (χ1n) is 9.84. The first-order valence-corrected chi connectivity index (χ1v) is 9.84. The third kappa shape index (κ3) is 12.8. The molecule has 0 radical (unpaired) electrons. The van der Waals surface area contributed by atoms with E-state index in [0.717, 1.165) is 58.2 Å². The summed E-state index contributed by atoms with van der Waals surface area (Å²) in [7, 11) is 0. The molecule has 0 aliphatic carbocycles. The fourth-order valence-electron chi connectivity index (χ4n) is 2.71. The van der Waals surface area contributed by atoms with E-state index in [9.17, 15) is 0 Å². The van der Waals surface area contributed by atoms with Crippen LogP contribution >= 0.6 is 24.0 Å². The van der Waals surface area contributed by atoms with Crippen LogP contribution in [0.5, 0.6) is 0 Å². The van der Waals surface area contributed by atoms with E-state index < -0.39 is 0 Å². The van der Waals surface area contributed by atoms with Crippen LogP contribution in [-0.4, -0.2) is 87.9 Å². The number of nitrogens with zero attached hydrogens (tertiary/aromatic N) is 3. The van der Waals surface area contributed by atoms with Gasteiger partial charge in [-0.1, -0.05) is 20.3 Å². The average molecular weight is 469 g/mol. The van der Waals surface area contributed by atoms with Crippen molar-refractivity contribution in [1.29, 1.82) is 0 Å². The minimum atomic E-state index is 0. The van der Waals surface area contributed by atoms with Crippen molar-refractivity contribution in [3.8, 4) is 0 Å². The van der Waals surface area contributed by atoms with Gasteiger partial charge in [-0.3, -0.25) is 9.89 Å². The van der Waals surface area contributed by atoms with Gasteiger partial charge < -0.3 is 20.3 Å². The van der Waals surface area contributed by atoms with Crippen LogP contribution in [0, 0.1) is 0 Å². The van der Waals surface area contributed by atoms with Crippen LogP contribution in [-0.2, 0) is 4.74 Å². The maximum Gasteiger partial charge on any atom is 0.191 e. The highest BCUT2D eigenvalue weighted by atomic mass is 127. The molecular formula is C18H40IN5O. The van der Waals surface area contributed by atoms with Crippen molar-refractivity contribution in [2.45, 2.75) is 40.0 Å². The zero-order chi connectivity index (χ0) is 17.5. The molecule has 0 saturated carbocycles. The predicted octanol–water partition coefficient (Wildman–Crippen LogP) is 2.00. The molecule has 25 heavy (non-hydrogen) atoms. The largest absolute Gasteiger partial charge is 0.381 e. The van der Waals surface area contributed by atoms with E-state index in [2.05, 4.69) is 46.2 Å². The van der Waals surface area contributed by atoms with E-state index >= 15 is 0 Å². The van der Waals surface area contributed by atoms with Gasteiger partial charge in [-0.2, -0.15) is 0 Å². The lowest BCUT2D eigenvalue weighted by molar-refractivity contribution is 0.130. The number of hydrogen-bond donors (Lipinski definition) is 2. The fraction of sp³-hybridized carbons (Fsp3) is 0.944. The first kappa shape index (κ1) is 24.9. The van der Waals surface area contributed by atoms with Gasteiger partial charge in [-0.05, 0) is 26.3 Å². The third-order valence-corrected chi connectivity index (χ3v) is 4.34. The molecule has 0 spiro atoms. The van der Waals surface area contributed by atoms with E-state index in [4.69, 9.17) is 4.74 Å². The van der Waals surface area contributed by atoms with Crippen molar-refractivity contribution in [2.75, 3.05) is 72.1 Å². The molecule has 0 atom stereocenters. The SMILES string of the molecule is CCCCOCCCN=C(NCC)NCCN1CCN(CC)CC1.I. The highest BCUT2D eigenvalue weighted by molar-refractivity contribution is 14.0. The Balaban J connectivity index is 0.00000576. The van der Waals surface area contributed by atoms with Gasteiger partial charge in [0.1, 0.15) is 0 Å². The zero-order valence-electron chi connectivity index (χ0n) is 16.6. The summed E-state index contributed by atoms with van der Waals surface area (Å²) in [4.78, 5) is 9.67. The molecule has 1 fully saturated rings. The van der Waals surface area contributed by atoms with Gasteiger partial charge in [-0.25, -0.2) is 0 Å². The van der Waals surface area contributed by atoms with Gasteiger partial charge in [0.25, 0.3) is 0 Å². The first-order chi connectivity index (χ1) is 11.8. The van der Waals surface area contributed by atoms with Crippen molar-refractivity contribution in [2.24, 2.45) is 4.99 Å². The normalized spacial score (nSPS) is 16.5. The molecule has 0 aromatic carbocycles. The maximum absolute atomic E-state index is 5.57. The molecule has 1 aliphatic rings. The second kappa shape index (κ2) is 17.3. The number of halogens is 1. The van der Waals surface area contributed by atoms with E-state index in [1.54, 1.807) is 0 Å². The van der Waals surface area contributed by atoms with Gasteiger partial charge in [-0.15, -0.1) is 24.0 Å². The molecule has 2 N–H and O–H groups in total. The van der Waals surface area contributed by atoms with Gasteiger partial charge in [0.15, 0.2) is 5.96 Å². The number of unbranched alkanes of at least 4 members (excludes halogenated alkanes) is 1. The molecule has 6 nitrogen and oxygen atoms in total. The summed E-state index contributed by atoms with van der Waals surface area (Å²) >= 11 is 0. The molecule has 0 unspecified atom stereocenters. The second-order valence-corrected chi connectivity index (χ2v) is 6.28. The zero-order valence-corrected chi connectivity index (χ0v) is 18.9. The quantitative estimate of drug-likeness (QED) is 0.198. The molecular weight excluding hydrogens is 429 g/mol. The molecule has 1 saturated heterocycles. The van der Waals surface area contributed by atoms with Crippen LogP contribution < -0.4 is 10.6 Å². The highest BCUT2D eigenvalue weighted by Crippen LogP contribution is 1.99. The lowest BCUT2D eigenvalue weighted by atomic mass is 10.3. The monoisotopic (exact) mass is 469 g/mol. The van der Waals surface area contributed by atoms with E-state index in [-0.39, 0.29) is 24.0 Å². The van der Waals surface area contributed by atoms with Crippen LogP contribution in [0.4, 0.5) is 0 Å². The molecule has 1 rings (SSSR count). The number of ether oxygens (including phenoxy) is 1. The summed E-state index contributed by atoms with van der Waals surface area (Å²) in [6, 6.07) is 0. The number of aliphatic imine (C=N–C) groups is 1. The Hall–Kier alpha value is -0.120. The van der Waals surface area contributed by atoms with Crippen molar-refractivity contribution >= 4 is 29.9 Å². The summed E-state index contributed by atoms with van der Waals surface area (Å²) in [5.74, 6) is 0.929. The summed E-state index contributed by atoms with van der Waals surface area (Å²) in [5.41, 5.74) is 0. The van der Waals surface area contributed by atoms with Crippen LogP contribution in [0.15, 0.2) is 4.99 Å². The maximum atomic E-state index is 5.57. The second-order valence-electron chi connectivity index (χ2n) is 6.28. The van der Waals surface area contributed by atoms with E-state index in [0.29, 0.717) is 0 Å². The van der Waals surface area contributed by atoms with Gasteiger partial charge in [0.2, 0.25) is 0 Å². The summed E-state index contributed by atoms with van der Waals surface area (Å²) in [5, 5.41) is 6.77. The Morgan fingerprint density at radius 1 is 0.960 bits per heavy atom. The molecule has 0 aromatic heterocycles. The lowest BCUT2D eigenvalue weighted by Crippen LogP contribution is -2.49. The number of likely N-dealkylation sites (N-methyl/N-ethyl adjacent to an activating group) is 1. The minimum absolute atomic E-state index is 0. The van der Waals surface area contributed by atoms with Crippen molar-refractivity contribution < 1.29 is 4.74 Å². The van der Waals surface area contributed by atoms with Crippen LogP contribution in [0.2, 0.25) is 0 Å². The van der Waals surface area contributed by atoms with E-state index in [1.807, 2.05) is 0 Å². The van der Waals surface area contributed by atoms with Crippen LogP contribution in [0.3, 0.4) is 0 Å². The molecule has 0 amide bonds. The Morgan fingerprint density at radius 2 is 1.64 bits per heavy atom. The highest BCUT2D eigenvalue weighted by Gasteiger charge is 2.14. The number of hydrogen-bond acceptors (Lipinski definition) is 4. The van der Waals surface area contributed by atoms with Gasteiger partial charge in [0, 0.05) is 65.6 Å². The van der Waals surface area contributed by atoms with Gasteiger partial charge in [0.05, 0.1) is 0 Å². The lowest BCUT2D eigenvalue weighted by Gasteiger charge is -2.34. The number of piperazine rings is 1. The minimum Gasteiger partial charge on any atom is -0.381 e. The Kier molecular flexibility index (Phi) is 17.2. The predicted molar refractivity (Wildman–Crippen MR) is 118 cm³/mol. The Labute approximate surface area is 172 Å². The molecule has 1 aliphatic heterocycles. The van der Waals surface area contributed by atoms with Crippen LogP contribution in [0.1, 0.15) is 40.0 Å². The Morgan fingerprint density at radius 3 is 2.28 bits per heavy atom. The van der Waals surface area contributed by atoms with Gasteiger partial charge >= 0.3 is 0 Å². The number of guanidine groups is 1. The summed E-state index contributed by atoms with van der Waals surface area (Å²) < 4.78 is 5.57. The summed E-state index contributed by atoms with van der Waals surface area (Å²) in [6.45, 7) is 17.9. The summed E-state index contributed by atoms with van der Waals surface area (Å²) in [6.07, 6.45) is 3.33. The van der Waals surface area contributed by atoms with E-state index in [1.165, 1.54) is 39.1 Å². The fourth-order valence-corrected chi connectivity index (χ4v) is 2.71. The molecule has 0 aromatic rings. The van der Waals surface area contributed by atoms with Crippen molar-refractivity contribution in [1.82, 2.24) is 20.4 Å². The third-order valence-electron chi connectivity index (χ3n) is 4.34. The van der Waals surface area contributed by atoms with Crippen LogP contribution in [0.25, 0.3) is 0 Å². The van der Waals surface area contributed by atoms with Crippen molar-refractivity contribution in [3.63, 3.8) is 0 Å². The molecule has 0 bridgehead atoms. The number of nitrogens with one attached hydrogen (secondary N) is 2. The molecule has 7 heteroatoms. The smallest absolute Gasteiger partial charge is 0.191 e. The van der Waals surface area contributed by atoms with Crippen molar-refractivity contribution in [3.05, 3.63) is 0 Å². The standard InChI is InChI=1S/C18H39N5O.HI/c1-4-7-16-24-17-8-9-20-18(19-5-2)21-10-11-23-14-12-22(6-3)13-15-23;/h4-17H2,1-3H3,(H2,19,20,21);1H. The topological polar surface area (TPSA) is 52.1 Å². The molecule has 1 heterocycles. The molecule has 150 valence electrons.